The van der Waals surface area contributed by atoms with Crippen LogP contribution in [0.2, 0.25) is 0 Å². The van der Waals surface area contributed by atoms with E-state index in [0.717, 1.165) is 11.1 Å². The van der Waals surface area contributed by atoms with Gasteiger partial charge in [-0.2, -0.15) is 11.8 Å². The second-order valence-electron chi connectivity index (χ2n) is 10.2. The number of phenols is 1. The van der Waals surface area contributed by atoms with Crippen LogP contribution >= 0.6 is 11.8 Å². The fourth-order valence-corrected chi connectivity index (χ4v) is 4.93. The number of phenolic OH excluding ortho intramolecular Hbond substituents is 1. The summed E-state index contributed by atoms with van der Waals surface area (Å²) in [6.07, 6.45) is -0.461. The number of hydrogen-bond donors (Lipinski definition) is 8. The van der Waals surface area contributed by atoms with Gasteiger partial charge >= 0.3 is 0 Å². The van der Waals surface area contributed by atoms with Gasteiger partial charge in [-0.3, -0.25) is 24.0 Å². The van der Waals surface area contributed by atoms with Crippen molar-refractivity contribution in [3.05, 3.63) is 76.2 Å². The fourth-order valence-electron chi connectivity index (χ4n) is 3.98. The summed E-state index contributed by atoms with van der Waals surface area (Å²) in [6.45, 7) is -1.03. The topological polar surface area (TPSA) is 275 Å². The van der Waals surface area contributed by atoms with Crippen LogP contribution in [0.4, 0.5) is 0 Å². The molecular weight excluding hydrogens is 618 g/mol. The van der Waals surface area contributed by atoms with Gasteiger partial charge in [-0.25, -0.2) is 0 Å². The maximum atomic E-state index is 13.2. The number of nitrogens with two attached hydrogens (primary N) is 2. The third kappa shape index (κ3) is 14.8. The van der Waals surface area contributed by atoms with Crippen molar-refractivity contribution in [1.29, 1.82) is 0 Å². The predicted octanol–water partition coefficient (Wildman–Crippen LogP) is -1.01. The number of carbonyl (C=O) groups excluding carboxylic acids is 5. The van der Waals surface area contributed by atoms with E-state index < -0.39 is 66.9 Å². The number of azide groups is 1. The normalized spacial score (nSPS) is 13.2. The van der Waals surface area contributed by atoms with Crippen LogP contribution in [0, 0.1) is 0 Å². The molecule has 0 aliphatic rings. The average molecular weight is 658 g/mol. The zero-order valence-corrected chi connectivity index (χ0v) is 25.8. The van der Waals surface area contributed by atoms with Crippen LogP contribution < -0.4 is 32.7 Å². The van der Waals surface area contributed by atoms with Gasteiger partial charge in [0, 0.05) is 17.1 Å². The quantitative estimate of drug-likeness (QED) is 0.0374. The van der Waals surface area contributed by atoms with E-state index in [1.165, 1.54) is 23.9 Å². The summed E-state index contributed by atoms with van der Waals surface area (Å²) >= 11 is 1.28. The number of amides is 5. The van der Waals surface area contributed by atoms with Crippen molar-refractivity contribution >= 4 is 41.3 Å². The number of benzene rings is 2. The molecular formula is C29H39N9O7S. The molecule has 2 aromatic rings. The highest BCUT2D eigenvalue weighted by atomic mass is 32.2. The van der Waals surface area contributed by atoms with E-state index in [0.29, 0.717) is 5.75 Å². The van der Waals surface area contributed by atoms with Crippen molar-refractivity contribution in [2.75, 3.05) is 31.1 Å². The number of aliphatic hydroxyl groups excluding tert-OH is 1. The van der Waals surface area contributed by atoms with Crippen LogP contribution in [-0.4, -0.2) is 95.1 Å². The Morgan fingerprint density at radius 1 is 0.870 bits per heavy atom. The van der Waals surface area contributed by atoms with Gasteiger partial charge < -0.3 is 42.9 Å². The molecule has 0 aromatic heterocycles. The van der Waals surface area contributed by atoms with E-state index >= 15 is 0 Å². The van der Waals surface area contributed by atoms with Crippen LogP contribution in [0.15, 0.2) is 59.7 Å². The predicted molar refractivity (Wildman–Crippen MR) is 171 cm³/mol. The minimum absolute atomic E-state index is 0.0766. The molecule has 0 saturated carbocycles. The second-order valence-corrected chi connectivity index (χ2v) is 11.3. The largest absolute Gasteiger partial charge is 0.508 e. The first-order chi connectivity index (χ1) is 22.0. The highest BCUT2D eigenvalue weighted by Gasteiger charge is 2.26. The highest BCUT2D eigenvalue weighted by molar-refractivity contribution is 7.99. The van der Waals surface area contributed by atoms with Crippen molar-refractivity contribution in [2.45, 2.75) is 43.5 Å². The summed E-state index contributed by atoms with van der Waals surface area (Å²) < 4.78 is 0. The standard InChI is InChI=1S/C29H39N9O7S/c30-22(12-19-6-8-20(39)9-7-19)28(44)34-15-25(41)33-16-26(42)36-24(13-18-4-2-1-3-5-18)29(45)37-23(27(31)43)10-11-46-17-21(40)14-35-38-32/h1-9,21-24,39-40H,10-17,30H2,(H2,31,43)(H,33,41)(H,34,44)(H,36,42)(H,37,45)/t21?,22-,23-,24-/m0/s1. The molecule has 0 aliphatic carbocycles. The smallest absolute Gasteiger partial charge is 0.243 e. The average Bonchev–Trinajstić information content (AvgIpc) is 3.03. The molecule has 0 saturated heterocycles. The van der Waals surface area contributed by atoms with Crippen molar-refractivity contribution in [3.63, 3.8) is 0 Å². The Morgan fingerprint density at radius 2 is 1.52 bits per heavy atom. The van der Waals surface area contributed by atoms with E-state index in [1.54, 1.807) is 42.5 Å². The van der Waals surface area contributed by atoms with Crippen molar-refractivity contribution in [3.8, 4) is 5.75 Å². The lowest BCUT2D eigenvalue weighted by Gasteiger charge is -2.22. The third-order valence-electron chi connectivity index (χ3n) is 6.41. The summed E-state index contributed by atoms with van der Waals surface area (Å²) in [6, 6.07) is 11.9. The molecule has 0 aliphatic heterocycles. The number of rotatable bonds is 20. The first-order valence-corrected chi connectivity index (χ1v) is 15.4. The Bertz CT molecular complexity index is 1360. The van der Waals surface area contributed by atoms with Crippen LogP contribution in [0.25, 0.3) is 10.4 Å². The number of nitrogens with one attached hydrogen (secondary N) is 4. The maximum Gasteiger partial charge on any atom is 0.243 e. The van der Waals surface area contributed by atoms with Gasteiger partial charge in [-0.05, 0) is 47.4 Å². The first kappa shape index (κ1) is 37.4. The second kappa shape index (κ2) is 20.2. The van der Waals surface area contributed by atoms with E-state index in [9.17, 15) is 34.2 Å². The molecule has 0 fully saturated rings. The molecule has 248 valence electrons. The maximum absolute atomic E-state index is 13.2. The molecule has 2 aromatic carbocycles. The Labute approximate surface area is 269 Å². The van der Waals surface area contributed by atoms with Crippen molar-refractivity contribution in [2.24, 2.45) is 16.6 Å². The Balaban J connectivity index is 1.88. The zero-order chi connectivity index (χ0) is 33.9. The lowest BCUT2D eigenvalue weighted by atomic mass is 10.0. The van der Waals surface area contributed by atoms with Crippen molar-refractivity contribution < 1.29 is 34.2 Å². The lowest BCUT2D eigenvalue weighted by Crippen LogP contribution is -2.55. The SMILES string of the molecule is [N-]=[N+]=NCC(O)CSCC[C@H](NC(=O)[C@H](Cc1ccccc1)NC(=O)CNC(=O)CNC(=O)[C@@H](N)Cc1ccc(O)cc1)C(N)=O. The molecule has 17 heteroatoms. The third-order valence-corrected chi connectivity index (χ3v) is 7.55. The Kier molecular flexibility index (Phi) is 16.4. The molecule has 0 radical (unpaired) electrons. The van der Waals surface area contributed by atoms with Crippen LogP contribution in [0.1, 0.15) is 17.5 Å². The van der Waals surface area contributed by atoms with Gasteiger partial charge in [0.05, 0.1) is 31.8 Å². The van der Waals surface area contributed by atoms with E-state index in [-0.39, 0.29) is 37.3 Å². The molecule has 0 spiro atoms. The van der Waals surface area contributed by atoms with Crippen LogP contribution in [0.3, 0.4) is 0 Å². The number of thioether (sulfide) groups is 1. The van der Waals surface area contributed by atoms with E-state index in [2.05, 4.69) is 31.3 Å². The van der Waals surface area contributed by atoms with Crippen LogP contribution in [-0.2, 0) is 36.8 Å². The summed E-state index contributed by atoms with van der Waals surface area (Å²) in [5.41, 5.74) is 21.2. The molecule has 5 amide bonds. The molecule has 46 heavy (non-hydrogen) atoms. The van der Waals surface area contributed by atoms with Crippen LogP contribution in [0.5, 0.6) is 5.75 Å². The minimum Gasteiger partial charge on any atom is -0.508 e. The van der Waals surface area contributed by atoms with Gasteiger partial charge in [0.2, 0.25) is 29.5 Å². The number of hydrogen-bond acceptors (Lipinski definition) is 10. The Morgan fingerprint density at radius 3 is 2.17 bits per heavy atom. The number of aromatic hydroxyl groups is 1. The van der Waals surface area contributed by atoms with Gasteiger partial charge in [-0.15, -0.1) is 0 Å². The molecule has 0 heterocycles. The highest BCUT2D eigenvalue weighted by Crippen LogP contribution is 2.11. The van der Waals surface area contributed by atoms with E-state index in [1.807, 2.05) is 0 Å². The number of aliphatic hydroxyl groups is 1. The number of primary amides is 1. The molecule has 10 N–H and O–H groups in total. The molecule has 2 rings (SSSR count). The molecule has 16 nitrogen and oxygen atoms in total. The van der Waals surface area contributed by atoms with E-state index in [4.69, 9.17) is 17.0 Å². The summed E-state index contributed by atoms with van der Waals surface area (Å²) in [4.78, 5) is 65.1. The molecule has 4 atom stereocenters. The van der Waals surface area contributed by atoms with Gasteiger partial charge in [0.15, 0.2) is 0 Å². The zero-order valence-electron chi connectivity index (χ0n) is 25.0. The van der Waals surface area contributed by atoms with Gasteiger partial charge in [0.25, 0.3) is 0 Å². The first-order valence-electron chi connectivity index (χ1n) is 14.3. The lowest BCUT2D eigenvalue weighted by molar-refractivity contribution is -0.131. The number of carbonyl (C=O) groups is 5. The number of nitrogens with zero attached hydrogens (tertiary/aromatic N) is 3. The van der Waals surface area contributed by atoms with Gasteiger partial charge in [0.1, 0.15) is 17.8 Å². The summed E-state index contributed by atoms with van der Waals surface area (Å²) in [5.74, 6) is -2.73. The minimum atomic E-state index is -1.12. The monoisotopic (exact) mass is 657 g/mol. The Hall–Kier alpha value is -4.83. The summed E-state index contributed by atoms with van der Waals surface area (Å²) in [7, 11) is 0. The van der Waals surface area contributed by atoms with Crippen molar-refractivity contribution in [1.82, 2.24) is 21.3 Å². The molecule has 1 unspecified atom stereocenters. The van der Waals surface area contributed by atoms with Gasteiger partial charge in [-0.1, -0.05) is 47.6 Å². The fraction of sp³-hybridized carbons (Fsp3) is 0.414. The molecule has 0 bridgehead atoms. The summed E-state index contributed by atoms with van der Waals surface area (Å²) in [5, 5.41) is 32.3.